The van der Waals surface area contributed by atoms with Crippen LogP contribution in [0.1, 0.15) is 19.5 Å². The molecule has 0 aliphatic heterocycles. The molecule has 0 bridgehead atoms. The third kappa shape index (κ3) is 3.85. The van der Waals surface area contributed by atoms with Gasteiger partial charge in [0.15, 0.2) is 5.12 Å². The lowest BCUT2D eigenvalue weighted by Gasteiger charge is -2.12. The Labute approximate surface area is 110 Å². The summed E-state index contributed by atoms with van der Waals surface area (Å²) in [5, 5.41) is 12.6. The van der Waals surface area contributed by atoms with Gasteiger partial charge in [-0.25, -0.2) is 4.98 Å². The first kappa shape index (κ1) is 14.7. The summed E-state index contributed by atoms with van der Waals surface area (Å²) >= 11 is 1.07. The number of carbonyl (C=O) groups is 2. The fraction of sp³-hybridized carbons (Fsp3) is 0.545. The number of imidazole rings is 1. The van der Waals surface area contributed by atoms with Crippen LogP contribution in [0.4, 0.5) is 0 Å². The molecule has 1 atom stereocenters. The Morgan fingerprint density at radius 2 is 2.28 bits per heavy atom. The van der Waals surface area contributed by atoms with E-state index < -0.39 is 12.0 Å². The van der Waals surface area contributed by atoms with Gasteiger partial charge in [-0.2, -0.15) is 0 Å². The third-order valence-corrected chi connectivity index (χ3v) is 3.34. The normalized spacial score (nSPS) is 12.4. The molecule has 2 N–H and O–H groups in total. The number of thioether (sulfide) groups is 1. The van der Waals surface area contributed by atoms with Crippen LogP contribution in [0.2, 0.25) is 0 Å². The second-order valence-corrected chi connectivity index (χ2v) is 5.02. The van der Waals surface area contributed by atoms with E-state index in [0.29, 0.717) is 17.3 Å². The lowest BCUT2D eigenvalue weighted by molar-refractivity contribution is -0.139. The van der Waals surface area contributed by atoms with Gasteiger partial charge in [-0.15, -0.1) is 0 Å². The number of rotatable bonds is 6. The lowest BCUT2D eigenvalue weighted by Crippen LogP contribution is -2.38. The minimum Gasteiger partial charge on any atom is -0.480 e. The first-order valence-electron chi connectivity index (χ1n) is 5.60. The van der Waals surface area contributed by atoms with Crippen LogP contribution in [0.25, 0.3) is 0 Å². The number of carboxylic acids is 1. The minimum absolute atomic E-state index is 0.0461. The van der Waals surface area contributed by atoms with Gasteiger partial charge in [0.05, 0.1) is 12.0 Å². The van der Waals surface area contributed by atoms with Crippen LogP contribution in [-0.4, -0.2) is 38.3 Å². The molecule has 6 nitrogen and oxygen atoms in total. The van der Waals surface area contributed by atoms with Gasteiger partial charge in [0.25, 0.3) is 0 Å². The molecule has 1 aromatic heterocycles. The lowest BCUT2D eigenvalue weighted by atomic mass is 10.1. The Balaban J connectivity index is 2.88. The summed E-state index contributed by atoms with van der Waals surface area (Å²) in [5.74, 6) is -0.915. The Hall–Kier alpha value is -1.34. The second kappa shape index (κ2) is 6.55. The summed E-state index contributed by atoms with van der Waals surface area (Å²) in [6, 6.07) is -0.684. The molecule has 0 saturated carbocycles. The maximum atomic E-state index is 11.2. The predicted octanol–water partition coefficient (Wildman–Crippen LogP) is 0.664. The molecule has 1 rings (SSSR count). The van der Waals surface area contributed by atoms with Crippen molar-refractivity contribution in [1.29, 1.82) is 0 Å². The van der Waals surface area contributed by atoms with Crippen LogP contribution >= 0.6 is 11.8 Å². The van der Waals surface area contributed by atoms with Crippen LogP contribution in [-0.2, 0) is 23.1 Å². The molecule has 0 aliphatic carbocycles. The highest BCUT2D eigenvalue weighted by atomic mass is 32.2. The molecule has 0 fully saturated rings. The summed E-state index contributed by atoms with van der Waals surface area (Å²) in [5.41, 5.74) is 0.631. The van der Waals surface area contributed by atoms with Crippen LogP contribution in [0.3, 0.4) is 0 Å². The van der Waals surface area contributed by atoms with Gasteiger partial charge in [-0.3, -0.25) is 9.59 Å². The quantitative estimate of drug-likeness (QED) is 0.740. The molecule has 18 heavy (non-hydrogen) atoms. The molecule has 0 aromatic carbocycles. The van der Waals surface area contributed by atoms with Crippen molar-refractivity contribution >= 4 is 22.8 Å². The molecule has 7 heteroatoms. The molecule has 1 heterocycles. The van der Waals surface area contributed by atoms with Crippen molar-refractivity contribution in [3.8, 4) is 0 Å². The molecular formula is C11H17N3O3S. The molecule has 0 amide bonds. The Morgan fingerprint density at radius 1 is 1.61 bits per heavy atom. The fourth-order valence-electron chi connectivity index (χ4n) is 1.56. The summed E-state index contributed by atoms with van der Waals surface area (Å²) in [6.07, 6.45) is 1.85. The number of hydrogen-bond donors (Lipinski definition) is 2. The van der Waals surface area contributed by atoms with Gasteiger partial charge >= 0.3 is 5.97 Å². The van der Waals surface area contributed by atoms with E-state index >= 15 is 0 Å². The fourth-order valence-corrected chi connectivity index (χ4v) is 2.28. The number of aliphatic carboxylic acids is 1. The molecule has 1 unspecified atom stereocenters. The van der Waals surface area contributed by atoms with Crippen LogP contribution in [0, 0.1) is 0 Å². The van der Waals surface area contributed by atoms with Gasteiger partial charge in [0.2, 0.25) is 0 Å². The van der Waals surface area contributed by atoms with Crippen molar-refractivity contribution in [3.05, 3.63) is 12.0 Å². The SMILES string of the molecule is CCNC(Cc1ncn(C)c1SC(C)=O)C(=O)O. The van der Waals surface area contributed by atoms with E-state index in [9.17, 15) is 9.59 Å². The molecular weight excluding hydrogens is 254 g/mol. The zero-order valence-electron chi connectivity index (χ0n) is 10.6. The molecule has 0 spiro atoms. The van der Waals surface area contributed by atoms with Crippen molar-refractivity contribution in [2.45, 2.75) is 31.3 Å². The largest absolute Gasteiger partial charge is 0.480 e. The van der Waals surface area contributed by atoms with E-state index in [2.05, 4.69) is 10.3 Å². The zero-order valence-corrected chi connectivity index (χ0v) is 11.5. The summed E-state index contributed by atoms with van der Waals surface area (Å²) in [4.78, 5) is 26.4. The van der Waals surface area contributed by atoms with Gasteiger partial charge in [0, 0.05) is 20.4 Å². The molecule has 100 valence electrons. The number of carbonyl (C=O) groups excluding carboxylic acids is 1. The summed E-state index contributed by atoms with van der Waals surface area (Å²) in [7, 11) is 1.78. The average Bonchev–Trinajstić information content (AvgIpc) is 2.60. The smallest absolute Gasteiger partial charge is 0.321 e. The van der Waals surface area contributed by atoms with Gasteiger partial charge < -0.3 is 15.0 Å². The number of nitrogens with one attached hydrogen (secondary N) is 1. The number of aryl methyl sites for hydroxylation is 1. The average molecular weight is 271 g/mol. The first-order valence-corrected chi connectivity index (χ1v) is 6.42. The predicted molar refractivity (Wildman–Crippen MR) is 68.6 cm³/mol. The topological polar surface area (TPSA) is 84.2 Å². The number of aromatic nitrogens is 2. The first-order chi connectivity index (χ1) is 8.45. The molecule has 1 aromatic rings. The van der Waals surface area contributed by atoms with E-state index in [4.69, 9.17) is 5.11 Å². The van der Waals surface area contributed by atoms with E-state index in [1.165, 1.54) is 6.92 Å². The molecule has 0 saturated heterocycles. The monoisotopic (exact) mass is 271 g/mol. The van der Waals surface area contributed by atoms with Gasteiger partial charge in [0.1, 0.15) is 11.1 Å². The number of nitrogens with zero attached hydrogens (tertiary/aromatic N) is 2. The van der Waals surface area contributed by atoms with Crippen LogP contribution in [0.15, 0.2) is 11.4 Å². The maximum absolute atomic E-state index is 11.2. The van der Waals surface area contributed by atoms with Crippen LogP contribution in [0.5, 0.6) is 0 Å². The maximum Gasteiger partial charge on any atom is 0.321 e. The Morgan fingerprint density at radius 3 is 2.78 bits per heavy atom. The zero-order chi connectivity index (χ0) is 13.7. The highest BCUT2D eigenvalue weighted by Crippen LogP contribution is 2.23. The number of carboxylic acid groups (broad SMARTS) is 1. The molecule has 0 radical (unpaired) electrons. The molecule has 0 aliphatic rings. The van der Waals surface area contributed by atoms with E-state index in [1.807, 2.05) is 6.92 Å². The number of likely N-dealkylation sites (N-methyl/N-ethyl adjacent to an activating group) is 1. The Kier molecular flexibility index (Phi) is 5.36. The van der Waals surface area contributed by atoms with Crippen molar-refractivity contribution in [3.63, 3.8) is 0 Å². The third-order valence-electron chi connectivity index (χ3n) is 2.34. The second-order valence-electron chi connectivity index (χ2n) is 3.85. The highest BCUT2D eigenvalue weighted by Gasteiger charge is 2.21. The standard InChI is InChI=1S/C11H17N3O3S/c1-4-12-9(11(16)17)5-8-10(18-7(2)15)14(3)6-13-8/h6,9,12H,4-5H2,1-3H3,(H,16,17). The summed E-state index contributed by atoms with van der Waals surface area (Å²) < 4.78 is 1.73. The van der Waals surface area contributed by atoms with Crippen molar-refractivity contribution in [2.75, 3.05) is 6.54 Å². The van der Waals surface area contributed by atoms with E-state index in [0.717, 1.165) is 11.8 Å². The Bertz CT molecular complexity index is 445. The number of hydrogen-bond acceptors (Lipinski definition) is 5. The van der Waals surface area contributed by atoms with E-state index in [-0.39, 0.29) is 11.5 Å². The van der Waals surface area contributed by atoms with Crippen LogP contribution < -0.4 is 5.32 Å². The minimum atomic E-state index is -0.915. The van der Waals surface area contributed by atoms with E-state index in [1.54, 1.807) is 17.9 Å². The summed E-state index contributed by atoms with van der Waals surface area (Å²) in [6.45, 7) is 3.89. The van der Waals surface area contributed by atoms with Gasteiger partial charge in [-0.05, 0) is 18.3 Å². The van der Waals surface area contributed by atoms with Crippen molar-refractivity contribution in [2.24, 2.45) is 7.05 Å². The van der Waals surface area contributed by atoms with Crippen molar-refractivity contribution < 1.29 is 14.7 Å². The highest BCUT2D eigenvalue weighted by molar-refractivity contribution is 8.13. The van der Waals surface area contributed by atoms with Crippen molar-refractivity contribution in [1.82, 2.24) is 14.9 Å². The van der Waals surface area contributed by atoms with Gasteiger partial charge in [-0.1, -0.05) is 6.92 Å².